The first kappa shape index (κ1) is 15.4. The molecular weight excluding hydrogens is 351 g/mol. The lowest BCUT2D eigenvalue weighted by Gasteiger charge is -2.09. The summed E-state index contributed by atoms with van der Waals surface area (Å²) in [5, 5.41) is 7.70. The van der Waals surface area contributed by atoms with Crippen LogP contribution in [0.25, 0.3) is 0 Å². The van der Waals surface area contributed by atoms with Crippen molar-refractivity contribution in [3.63, 3.8) is 0 Å². The van der Waals surface area contributed by atoms with E-state index in [1.54, 1.807) is 0 Å². The lowest BCUT2D eigenvalue weighted by molar-refractivity contribution is 0.0948. The van der Waals surface area contributed by atoms with E-state index < -0.39 is 26.6 Å². The fourth-order valence-corrected chi connectivity index (χ4v) is 3.15. The highest BCUT2D eigenvalue weighted by atomic mass is 79.9. The summed E-state index contributed by atoms with van der Waals surface area (Å²) in [5.74, 6) is -0.979. The topological polar surface area (TPSA) is 89.3 Å². The number of halogens is 2. The van der Waals surface area contributed by atoms with Crippen molar-refractivity contribution < 1.29 is 17.6 Å². The van der Waals surface area contributed by atoms with Crippen LogP contribution in [-0.2, 0) is 10.0 Å². The minimum absolute atomic E-state index is 0.0529. The Labute approximate surface area is 124 Å². The number of nitrogens with two attached hydrogens (primary N) is 1. The van der Waals surface area contributed by atoms with Gasteiger partial charge in [-0.15, -0.1) is 0 Å². The van der Waals surface area contributed by atoms with E-state index in [2.05, 4.69) is 21.2 Å². The van der Waals surface area contributed by atoms with E-state index in [1.807, 2.05) is 6.92 Å². The number of rotatable bonds is 4. The predicted octanol–water partition coefficient (Wildman–Crippen LogP) is 1.76. The Bertz CT molecular complexity index is 663. The van der Waals surface area contributed by atoms with E-state index in [0.29, 0.717) is 5.92 Å². The fraction of sp³-hybridized carbons (Fsp3) is 0.417. The van der Waals surface area contributed by atoms with Gasteiger partial charge in [0.15, 0.2) is 0 Å². The molecular formula is C12H14BrFN2O3S. The molecule has 5 nitrogen and oxygen atoms in total. The summed E-state index contributed by atoms with van der Waals surface area (Å²) in [5.41, 5.74) is 0.0529. The molecule has 110 valence electrons. The van der Waals surface area contributed by atoms with Crippen molar-refractivity contribution in [3.05, 3.63) is 28.0 Å². The number of carbonyl (C=O) groups excluding carboxylic acids is 1. The molecule has 2 atom stereocenters. The Hall–Kier alpha value is -0.990. The van der Waals surface area contributed by atoms with Crippen LogP contribution in [-0.4, -0.2) is 20.4 Å². The summed E-state index contributed by atoms with van der Waals surface area (Å²) in [4.78, 5) is 11.4. The number of nitrogens with one attached hydrogen (secondary N) is 1. The molecule has 2 unspecified atom stereocenters. The smallest absolute Gasteiger partial charge is 0.252 e. The van der Waals surface area contributed by atoms with Gasteiger partial charge in [-0.1, -0.05) is 13.3 Å². The highest BCUT2D eigenvalue weighted by Crippen LogP contribution is 2.34. The van der Waals surface area contributed by atoms with Crippen molar-refractivity contribution >= 4 is 31.9 Å². The first-order valence-electron chi connectivity index (χ1n) is 6.06. The Kier molecular flexibility index (Phi) is 4.17. The molecule has 0 bridgehead atoms. The fourth-order valence-electron chi connectivity index (χ4n) is 2.04. The molecule has 3 N–H and O–H groups in total. The Balaban J connectivity index is 2.30. The lowest BCUT2D eigenvalue weighted by atomic mass is 10.2. The van der Waals surface area contributed by atoms with Crippen molar-refractivity contribution in [2.45, 2.75) is 30.7 Å². The molecule has 0 radical (unpaired) electrons. The van der Waals surface area contributed by atoms with Gasteiger partial charge in [0, 0.05) is 10.5 Å². The van der Waals surface area contributed by atoms with Gasteiger partial charge >= 0.3 is 0 Å². The van der Waals surface area contributed by atoms with E-state index in [0.717, 1.165) is 25.0 Å². The normalized spacial score (nSPS) is 21.6. The van der Waals surface area contributed by atoms with Crippen LogP contribution < -0.4 is 10.5 Å². The highest BCUT2D eigenvalue weighted by molar-refractivity contribution is 9.10. The number of carbonyl (C=O) groups is 1. The third-order valence-corrected chi connectivity index (χ3v) is 4.92. The van der Waals surface area contributed by atoms with Gasteiger partial charge in [-0.2, -0.15) is 0 Å². The second kappa shape index (κ2) is 5.42. The molecule has 1 aromatic rings. The van der Waals surface area contributed by atoms with E-state index in [-0.39, 0.29) is 16.1 Å². The van der Waals surface area contributed by atoms with Crippen LogP contribution in [0.3, 0.4) is 0 Å². The SMILES string of the molecule is CCC1CC1NC(=O)c1cc(S(N)(=O)=O)c(F)cc1Br. The largest absolute Gasteiger partial charge is 0.349 e. The maximum atomic E-state index is 13.6. The third kappa shape index (κ3) is 3.18. The molecule has 1 aliphatic rings. The molecule has 0 aromatic heterocycles. The zero-order valence-corrected chi connectivity index (χ0v) is 13.1. The van der Waals surface area contributed by atoms with Gasteiger partial charge in [0.1, 0.15) is 10.7 Å². The minimum atomic E-state index is -4.21. The molecule has 0 saturated heterocycles. The van der Waals surface area contributed by atoms with E-state index >= 15 is 0 Å². The monoisotopic (exact) mass is 364 g/mol. The molecule has 20 heavy (non-hydrogen) atoms. The number of hydrogen-bond acceptors (Lipinski definition) is 3. The van der Waals surface area contributed by atoms with E-state index in [4.69, 9.17) is 5.14 Å². The average molecular weight is 365 g/mol. The van der Waals surface area contributed by atoms with Crippen molar-refractivity contribution in [1.82, 2.24) is 5.32 Å². The quantitative estimate of drug-likeness (QED) is 0.852. The molecule has 0 spiro atoms. The molecule has 2 rings (SSSR count). The predicted molar refractivity (Wildman–Crippen MR) is 75.1 cm³/mol. The first-order valence-corrected chi connectivity index (χ1v) is 8.40. The van der Waals surface area contributed by atoms with Crippen LogP contribution in [0.2, 0.25) is 0 Å². The van der Waals surface area contributed by atoms with Gasteiger partial charge in [-0.05, 0) is 40.4 Å². The second-order valence-electron chi connectivity index (χ2n) is 4.79. The average Bonchev–Trinajstić information content (AvgIpc) is 3.05. The highest BCUT2D eigenvalue weighted by Gasteiger charge is 2.37. The molecule has 1 aliphatic carbocycles. The van der Waals surface area contributed by atoms with Gasteiger partial charge in [-0.25, -0.2) is 17.9 Å². The standard InChI is InChI=1S/C12H14BrFN2O3S/c1-2-6-3-10(6)16-12(17)7-4-11(20(15,18)19)9(14)5-8(7)13/h4-6,10H,2-3H2,1H3,(H,16,17)(H2,15,18,19). The van der Waals surface area contributed by atoms with E-state index in [1.165, 1.54) is 0 Å². The van der Waals surface area contributed by atoms with Crippen LogP contribution in [0.4, 0.5) is 4.39 Å². The summed E-state index contributed by atoms with van der Waals surface area (Å²) in [7, 11) is -4.21. The maximum Gasteiger partial charge on any atom is 0.252 e. The minimum Gasteiger partial charge on any atom is -0.349 e. The zero-order chi connectivity index (χ0) is 15.1. The molecule has 1 amide bonds. The van der Waals surface area contributed by atoms with Crippen LogP contribution in [0.1, 0.15) is 30.1 Å². The molecule has 1 saturated carbocycles. The van der Waals surface area contributed by atoms with Crippen molar-refractivity contribution in [3.8, 4) is 0 Å². The molecule has 8 heteroatoms. The number of benzene rings is 1. The summed E-state index contributed by atoms with van der Waals surface area (Å²) in [6.45, 7) is 2.03. The Morgan fingerprint density at radius 2 is 2.20 bits per heavy atom. The summed E-state index contributed by atoms with van der Waals surface area (Å²) in [6.07, 6.45) is 1.88. The number of hydrogen-bond donors (Lipinski definition) is 2. The lowest BCUT2D eigenvalue weighted by Crippen LogP contribution is -2.27. The summed E-state index contributed by atoms with van der Waals surface area (Å²) in [6, 6.07) is 1.98. The third-order valence-electron chi connectivity index (χ3n) is 3.34. The van der Waals surface area contributed by atoms with Crippen LogP contribution in [0.15, 0.2) is 21.5 Å². The Morgan fingerprint density at radius 3 is 2.70 bits per heavy atom. The van der Waals surface area contributed by atoms with Gasteiger partial charge in [0.25, 0.3) is 5.91 Å². The number of primary sulfonamides is 1. The van der Waals surface area contributed by atoms with Gasteiger partial charge < -0.3 is 5.32 Å². The van der Waals surface area contributed by atoms with Crippen molar-refractivity contribution in [2.75, 3.05) is 0 Å². The second-order valence-corrected chi connectivity index (χ2v) is 7.18. The van der Waals surface area contributed by atoms with Crippen molar-refractivity contribution in [2.24, 2.45) is 11.1 Å². The van der Waals surface area contributed by atoms with Gasteiger partial charge in [0.2, 0.25) is 10.0 Å². The van der Waals surface area contributed by atoms with Gasteiger partial charge in [-0.3, -0.25) is 4.79 Å². The van der Waals surface area contributed by atoms with Gasteiger partial charge in [0.05, 0.1) is 5.56 Å². The van der Waals surface area contributed by atoms with Crippen LogP contribution >= 0.6 is 15.9 Å². The zero-order valence-electron chi connectivity index (χ0n) is 10.7. The Morgan fingerprint density at radius 1 is 1.55 bits per heavy atom. The summed E-state index contributed by atoms with van der Waals surface area (Å²) >= 11 is 3.05. The molecule has 0 aliphatic heterocycles. The van der Waals surface area contributed by atoms with Crippen molar-refractivity contribution in [1.29, 1.82) is 0 Å². The maximum absolute atomic E-state index is 13.6. The molecule has 0 heterocycles. The number of sulfonamides is 1. The van der Waals surface area contributed by atoms with E-state index in [9.17, 15) is 17.6 Å². The molecule has 1 fully saturated rings. The molecule has 1 aromatic carbocycles. The van der Waals surface area contributed by atoms with Crippen LogP contribution in [0.5, 0.6) is 0 Å². The van der Waals surface area contributed by atoms with Crippen LogP contribution in [0, 0.1) is 11.7 Å². The first-order chi connectivity index (χ1) is 9.24. The summed E-state index contributed by atoms with van der Waals surface area (Å²) < 4.78 is 36.3. The number of amides is 1.